The summed E-state index contributed by atoms with van der Waals surface area (Å²) in [4.78, 5) is 12.0. The Hall–Kier alpha value is -1.98. The highest BCUT2D eigenvalue weighted by Crippen LogP contribution is 2.40. The molecule has 0 saturated heterocycles. The van der Waals surface area contributed by atoms with Crippen molar-refractivity contribution in [2.24, 2.45) is 11.8 Å². The van der Waals surface area contributed by atoms with Gasteiger partial charge in [0.25, 0.3) is 0 Å². The Balaban J connectivity index is 2.05. The standard InChI is InChI=1S/C19H24F5N2O4/c20-18(21)7-5-11(6-8-18)13(17(28)26-29)10-15(27)14(25)9-12-3-1-2-4-16(12)30-19(22,23)24/h1-4,11,13-15,25,27,29H,5-10H2,(H,26,28)/q-1. The average Bonchev–Trinajstić information content (AvgIpc) is 2.66. The van der Waals surface area contributed by atoms with Crippen LogP contribution in [0.25, 0.3) is 5.73 Å². The van der Waals surface area contributed by atoms with Crippen molar-refractivity contribution in [3.8, 4) is 5.75 Å². The van der Waals surface area contributed by atoms with Gasteiger partial charge in [-0.3, -0.25) is 10.0 Å². The van der Waals surface area contributed by atoms with Gasteiger partial charge in [0.1, 0.15) is 5.75 Å². The number of hydrogen-bond acceptors (Lipinski definition) is 4. The van der Waals surface area contributed by atoms with E-state index in [1.54, 1.807) is 0 Å². The molecule has 1 fully saturated rings. The minimum absolute atomic E-state index is 0.0166. The number of benzene rings is 1. The zero-order valence-electron chi connectivity index (χ0n) is 16.0. The van der Waals surface area contributed by atoms with Crippen LogP contribution in [0.15, 0.2) is 24.3 Å². The zero-order valence-corrected chi connectivity index (χ0v) is 16.0. The molecular formula is C19H24F5N2O4-. The minimum atomic E-state index is -4.92. The molecule has 1 aromatic carbocycles. The number of ether oxygens (including phenoxy) is 1. The number of halogens is 5. The molecule has 0 aliphatic heterocycles. The van der Waals surface area contributed by atoms with E-state index in [4.69, 9.17) is 10.9 Å². The maximum absolute atomic E-state index is 13.4. The first kappa shape index (κ1) is 24.3. The third-order valence-electron chi connectivity index (χ3n) is 5.38. The van der Waals surface area contributed by atoms with Crippen LogP contribution in [0.1, 0.15) is 37.7 Å². The highest BCUT2D eigenvalue weighted by Gasteiger charge is 2.40. The molecule has 1 aliphatic carbocycles. The second kappa shape index (κ2) is 9.88. The van der Waals surface area contributed by atoms with Crippen LogP contribution in [0.2, 0.25) is 0 Å². The molecule has 3 atom stereocenters. The van der Waals surface area contributed by atoms with Crippen LogP contribution < -0.4 is 10.2 Å². The number of carbonyl (C=O) groups is 1. The number of carbonyl (C=O) groups excluding carboxylic acids is 1. The van der Waals surface area contributed by atoms with E-state index in [0.717, 1.165) is 6.07 Å². The molecule has 0 heterocycles. The second-order valence-corrected chi connectivity index (χ2v) is 7.55. The van der Waals surface area contributed by atoms with E-state index in [0.29, 0.717) is 0 Å². The number of amides is 1. The van der Waals surface area contributed by atoms with E-state index in [1.807, 2.05) is 0 Å². The maximum atomic E-state index is 13.4. The molecular weight excluding hydrogens is 415 g/mol. The summed E-state index contributed by atoms with van der Waals surface area (Å²) in [6.07, 6.45) is -7.74. The van der Waals surface area contributed by atoms with Crippen molar-refractivity contribution in [1.82, 2.24) is 5.48 Å². The molecule has 11 heteroatoms. The first-order chi connectivity index (χ1) is 13.9. The van der Waals surface area contributed by atoms with Crippen molar-refractivity contribution < 1.29 is 41.8 Å². The van der Waals surface area contributed by atoms with Crippen molar-refractivity contribution in [2.45, 2.75) is 63.0 Å². The maximum Gasteiger partial charge on any atom is 0.573 e. The van der Waals surface area contributed by atoms with Crippen molar-refractivity contribution in [3.63, 3.8) is 0 Å². The smallest absolute Gasteiger partial charge is 0.573 e. The first-order valence-corrected chi connectivity index (χ1v) is 9.46. The van der Waals surface area contributed by atoms with Gasteiger partial charge >= 0.3 is 6.36 Å². The Bertz CT molecular complexity index is 706. The molecule has 0 spiro atoms. The van der Waals surface area contributed by atoms with Crippen LogP contribution in [-0.4, -0.2) is 40.7 Å². The molecule has 1 aliphatic rings. The number of nitrogens with one attached hydrogen (secondary N) is 2. The number of rotatable bonds is 8. The normalized spacial score (nSPS) is 20.3. The Labute approximate surface area is 170 Å². The molecule has 0 radical (unpaired) electrons. The summed E-state index contributed by atoms with van der Waals surface area (Å²) in [5.74, 6) is -5.68. The molecule has 1 aromatic rings. The number of hydroxylamine groups is 1. The van der Waals surface area contributed by atoms with Crippen LogP contribution in [0.3, 0.4) is 0 Å². The third-order valence-corrected chi connectivity index (χ3v) is 5.38. The molecule has 3 unspecified atom stereocenters. The van der Waals surface area contributed by atoms with Gasteiger partial charge in [0, 0.05) is 24.9 Å². The van der Waals surface area contributed by atoms with Crippen molar-refractivity contribution in [2.75, 3.05) is 0 Å². The predicted octanol–water partition coefficient (Wildman–Crippen LogP) is 4.25. The van der Waals surface area contributed by atoms with Crippen LogP contribution in [0.5, 0.6) is 5.75 Å². The SMILES string of the molecule is [NH-]C(Cc1ccccc1OC(F)(F)F)C(O)CC(C(=O)NO)C1CCC(F)(F)CC1. The fourth-order valence-electron chi connectivity index (χ4n) is 3.76. The lowest BCUT2D eigenvalue weighted by Crippen LogP contribution is -2.40. The van der Waals surface area contributed by atoms with E-state index >= 15 is 0 Å². The molecule has 0 aromatic heterocycles. The summed E-state index contributed by atoms with van der Waals surface area (Å²) >= 11 is 0. The van der Waals surface area contributed by atoms with Crippen molar-refractivity contribution in [3.05, 3.63) is 35.6 Å². The van der Waals surface area contributed by atoms with E-state index in [2.05, 4.69) is 4.74 Å². The van der Waals surface area contributed by atoms with E-state index in [-0.39, 0.29) is 31.2 Å². The lowest BCUT2D eigenvalue weighted by atomic mass is 9.75. The van der Waals surface area contributed by atoms with Gasteiger partial charge in [0.2, 0.25) is 11.8 Å². The quantitative estimate of drug-likeness (QED) is 0.320. The van der Waals surface area contributed by atoms with Crippen molar-refractivity contribution >= 4 is 5.91 Å². The fraction of sp³-hybridized carbons (Fsp3) is 0.632. The highest BCUT2D eigenvalue weighted by atomic mass is 19.4. The highest BCUT2D eigenvalue weighted by molar-refractivity contribution is 5.77. The predicted molar refractivity (Wildman–Crippen MR) is 95.9 cm³/mol. The monoisotopic (exact) mass is 439 g/mol. The van der Waals surface area contributed by atoms with Gasteiger partial charge in [-0.05, 0) is 43.2 Å². The Morgan fingerprint density at radius 2 is 1.87 bits per heavy atom. The van der Waals surface area contributed by atoms with Gasteiger partial charge < -0.3 is 15.6 Å². The average molecular weight is 439 g/mol. The number of aliphatic hydroxyl groups is 1. The van der Waals surface area contributed by atoms with Crippen LogP contribution in [0, 0.1) is 11.8 Å². The summed E-state index contributed by atoms with van der Waals surface area (Å²) in [6, 6.07) is 3.91. The zero-order chi connectivity index (χ0) is 22.5. The van der Waals surface area contributed by atoms with Gasteiger partial charge in [-0.2, -0.15) is 0 Å². The lowest BCUT2D eigenvalue weighted by Gasteiger charge is -2.36. The molecule has 1 saturated carbocycles. The molecule has 170 valence electrons. The molecule has 1 amide bonds. The van der Waals surface area contributed by atoms with Gasteiger partial charge in [0.15, 0.2) is 0 Å². The van der Waals surface area contributed by atoms with Crippen molar-refractivity contribution in [1.29, 1.82) is 0 Å². The summed E-state index contributed by atoms with van der Waals surface area (Å²) in [5, 5.41) is 19.4. The second-order valence-electron chi connectivity index (χ2n) is 7.55. The molecule has 4 N–H and O–H groups in total. The van der Waals surface area contributed by atoms with Gasteiger partial charge in [0.05, 0.1) is 0 Å². The van der Waals surface area contributed by atoms with E-state index in [1.165, 1.54) is 23.7 Å². The number of para-hydroxylation sites is 1. The van der Waals surface area contributed by atoms with E-state index < -0.39 is 60.8 Å². The summed E-state index contributed by atoms with van der Waals surface area (Å²) in [5.41, 5.74) is 9.63. The topological polar surface area (TPSA) is 103 Å². The van der Waals surface area contributed by atoms with Crippen LogP contribution in [0.4, 0.5) is 22.0 Å². The van der Waals surface area contributed by atoms with Gasteiger partial charge in [-0.25, -0.2) is 14.3 Å². The first-order valence-electron chi connectivity index (χ1n) is 9.46. The Morgan fingerprint density at radius 3 is 2.43 bits per heavy atom. The Kier molecular flexibility index (Phi) is 8.00. The summed E-state index contributed by atoms with van der Waals surface area (Å²) < 4.78 is 68.3. The number of hydrogen-bond donors (Lipinski definition) is 3. The minimum Gasteiger partial charge on any atom is -0.672 e. The molecule has 2 rings (SSSR count). The van der Waals surface area contributed by atoms with E-state index in [9.17, 15) is 31.9 Å². The molecule has 30 heavy (non-hydrogen) atoms. The van der Waals surface area contributed by atoms with Gasteiger partial charge in [-0.15, -0.1) is 19.2 Å². The molecule has 0 bridgehead atoms. The third kappa shape index (κ3) is 7.06. The Morgan fingerprint density at radius 1 is 1.27 bits per heavy atom. The van der Waals surface area contributed by atoms with Gasteiger partial charge in [-0.1, -0.05) is 18.2 Å². The number of alkyl halides is 5. The molecule has 6 nitrogen and oxygen atoms in total. The van der Waals surface area contributed by atoms with Crippen LogP contribution >= 0.6 is 0 Å². The lowest BCUT2D eigenvalue weighted by molar-refractivity contribution is -0.274. The summed E-state index contributed by atoms with van der Waals surface area (Å²) in [7, 11) is 0. The number of aliphatic hydroxyl groups excluding tert-OH is 1. The van der Waals surface area contributed by atoms with Crippen LogP contribution in [-0.2, 0) is 11.2 Å². The fourth-order valence-corrected chi connectivity index (χ4v) is 3.76. The largest absolute Gasteiger partial charge is 0.672 e. The summed E-state index contributed by atoms with van der Waals surface area (Å²) in [6.45, 7) is 0.